The Hall–Kier alpha value is -2.28. The third-order valence-corrected chi connectivity index (χ3v) is 5.26. The Kier molecular flexibility index (Phi) is 7.00. The van der Waals surface area contributed by atoms with Crippen LogP contribution in [0.1, 0.15) is 45.6 Å². The number of ether oxygens (including phenoxy) is 3. The SMILES string of the molecule is CC(C)(C)OC(=O)N1C2COCC1CC(CCNC(=O)OCc1ccccc1)C2. The molecule has 3 rings (SSSR count). The molecule has 1 N–H and O–H groups in total. The molecule has 2 unspecified atom stereocenters. The van der Waals surface area contributed by atoms with Gasteiger partial charge in [-0.2, -0.15) is 0 Å². The Morgan fingerprint density at radius 3 is 2.41 bits per heavy atom. The molecule has 1 aromatic carbocycles. The second-order valence-corrected chi connectivity index (χ2v) is 8.85. The van der Waals surface area contributed by atoms with Gasteiger partial charge in [0.1, 0.15) is 12.2 Å². The number of hydrogen-bond acceptors (Lipinski definition) is 5. The normalized spacial score (nSPS) is 24.0. The van der Waals surface area contributed by atoms with Gasteiger partial charge in [0.15, 0.2) is 0 Å². The van der Waals surface area contributed by atoms with Crippen LogP contribution in [0.25, 0.3) is 0 Å². The highest BCUT2D eigenvalue weighted by Crippen LogP contribution is 2.34. The van der Waals surface area contributed by atoms with Gasteiger partial charge in [-0.05, 0) is 51.5 Å². The maximum atomic E-state index is 12.6. The van der Waals surface area contributed by atoms with Gasteiger partial charge in [0.25, 0.3) is 0 Å². The first-order valence-electron chi connectivity index (χ1n) is 10.4. The summed E-state index contributed by atoms with van der Waals surface area (Å²) in [6.45, 7) is 7.55. The van der Waals surface area contributed by atoms with E-state index >= 15 is 0 Å². The first-order valence-corrected chi connectivity index (χ1v) is 10.4. The zero-order chi connectivity index (χ0) is 20.9. The van der Waals surface area contributed by atoms with Gasteiger partial charge in [-0.25, -0.2) is 9.59 Å². The number of fused-ring (bicyclic) bond motifs is 2. The highest BCUT2D eigenvalue weighted by Gasteiger charge is 2.43. The fourth-order valence-corrected chi connectivity index (χ4v) is 4.03. The van der Waals surface area contributed by atoms with Crippen molar-refractivity contribution in [3.63, 3.8) is 0 Å². The molecule has 0 aliphatic carbocycles. The van der Waals surface area contributed by atoms with Crippen LogP contribution in [0.4, 0.5) is 9.59 Å². The zero-order valence-corrected chi connectivity index (χ0v) is 17.6. The molecule has 160 valence electrons. The van der Waals surface area contributed by atoms with Crippen molar-refractivity contribution in [1.82, 2.24) is 10.2 Å². The van der Waals surface area contributed by atoms with Crippen molar-refractivity contribution in [3.05, 3.63) is 35.9 Å². The van der Waals surface area contributed by atoms with Crippen LogP contribution < -0.4 is 5.32 Å². The van der Waals surface area contributed by atoms with E-state index in [4.69, 9.17) is 14.2 Å². The maximum absolute atomic E-state index is 12.6. The molecular formula is C22H32N2O5. The van der Waals surface area contributed by atoms with Gasteiger partial charge in [-0.3, -0.25) is 4.90 Å². The third kappa shape index (κ3) is 6.35. The molecule has 7 heteroatoms. The molecule has 1 aromatic rings. The molecule has 29 heavy (non-hydrogen) atoms. The summed E-state index contributed by atoms with van der Waals surface area (Å²) in [5, 5.41) is 2.83. The van der Waals surface area contributed by atoms with Crippen LogP contribution in [0.5, 0.6) is 0 Å². The summed E-state index contributed by atoms with van der Waals surface area (Å²) in [7, 11) is 0. The molecule has 0 saturated carbocycles. The van der Waals surface area contributed by atoms with Gasteiger partial charge < -0.3 is 19.5 Å². The Morgan fingerprint density at radius 1 is 1.14 bits per heavy atom. The first-order chi connectivity index (χ1) is 13.8. The Labute approximate surface area is 172 Å². The fraction of sp³-hybridized carbons (Fsp3) is 0.636. The summed E-state index contributed by atoms with van der Waals surface area (Å²) < 4.78 is 16.5. The molecule has 2 bridgehead atoms. The van der Waals surface area contributed by atoms with Crippen LogP contribution in [0, 0.1) is 5.92 Å². The lowest BCUT2D eigenvalue weighted by Gasteiger charge is -2.48. The Bertz CT molecular complexity index is 674. The number of alkyl carbamates (subject to hydrolysis) is 1. The predicted octanol–water partition coefficient (Wildman–Crippen LogP) is 3.72. The minimum atomic E-state index is -0.507. The number of morpholine rings is 1. The van der Waals surface area contributed by atoms with Gasteiger partial charge in [0.05, 0.1) is 25.3 Å². The van der Waals surface area contributed by atoms with E-state index in [0.717, 1.165) is 24.8 Å². The molecule has 0 radical (unpaired) electrons. The molecule has 2 aliphatic heterocycles. The number of carbonyl (C=O) groups is 2. The van der Waals surface area contributed by atoms with Crippen molar-refractivity contribution in [3.8, 4) is 0 Å². The standard InChI is InChI=1S/C22H32N2O5/c1-22(2,3)29-21(26)24-18-11-17(12-19(24)15-27-14-18)9-10-23-20(25)28-13-16-7-5-4-6-8-16/h4-8,17-19H,9-15H2,1-3H3,(H,23,25). The highest BCUT2D eigenvalue weighted by molar-refractivity contribution is 5.69. The van der Waals surface area contributed by atoms with Gasteiger partial charge >= 0.3 is 12.2 Å². The molecule has 2 heterocycles. The Balaban J connectivity index is 1.42. The summed E-state index contributed by atoms with van der Waals surface area (Å²) >= 11 is 0. The number of carbonyl (C=O) groups excluding carboxylic acids is 2. The summed E-state index contributed by atoms with van der Waals surface area (Å²) in [4.78, 5) is 26.4. The zero-order valence-electron chi connectivity index (χ0n) is 17.6. The monoisotopic (exact) mass is 404 g/mol. The largest absolute Gasteiger partial charge is 0.445 e. The highest BCUT2D eigenvalue weighted by atomic mass is 16.6. The molecule has 2 fully saturated rings. The topological polar surface area (TPSA) is 77.1 Å². The number of nitrogens with zero attached hydrogens (tertiary/aromatic N) is 1. The van der Waals surface area contributed by atoms with E-state index in [0.29, 0.717) is 25.7 Å². The number of piperidine rings is 1. The summed E-state index contributed by atoms with van der Waals surface area (Å²) in [6.07, 6.45) is 1.92. The van der Waals surface area contributed by atoms with Crippen molar-refractivity contribution >= 4 is 12.2 Å². The second-order valence-electron chi connectivity index (χ2n) is 8.85. The fourth-order valence-electron chi connectivity index (χ4n) is 4.03. The molecular weight excluding hydrogens is 372 g/mol. The summed E-state index contributed by atoms with van der Waals surface area (Å²) in [6, 6.07) is 9.68. The number of hydrogen-bond donors (Lipinski definition) is 1. The molecule has 2 atom stereocenters. The van der Waals surface area contributed by atoms with Crippen LogP contribution in [-0.4, -0.2) is 54.5 Å². The van der Waals surface area contributed by atoms with Crippen molar-refractivity contribution in [2.45, 2.75) is 64.3 Å². The van der Waals surface area contributed by atoms with E-state index in [9.17, 15) is 9.59 Å². The minimum absolute atomic E-state index is 0.0346. The smallest absolute Gasteiger partial charge is 0.410 e. The van der Waals surface area contributed by atoms with Crippen LogP contribution in [0.3, 0.4) is 0 Å². The predicted molar refractivity (Wildman–Crippen MR) is 108 cm³/mol. The first kappa shape index (κ1) is 21.4. The molecule has 0 spiro atoms. The van der Waals surface area contributed by atoms with Gasteiger partial charge in [-0.1, -0.05) is 30.3 Å². The van der Waals surface area contributed by atoms with Crippen LogP contribution in [-0.2, 0) is 20.8 Å². The molecule has 0 aromatic heterocycles. The van der Waals surface area contributed by atoms with E-state index in [2.05, 4.69) is 5.32 Å². The lowest BCUT2D eigenvalue weighted by molar-refractivity contribution is -0.0901. The van der Waals surface area contributed by atoms with E-state index < -0.39 is 11.7 Å². The summed E-state index contributed by atoms with van der Waals surface area (Å²) in [5.74, 6) is 0.432. The molecule has 2 saturated heterocycles. The average molecular weight is 405 g/mol. The van der Waals surface area contributed by atoms with Crippen molar-refractivity contribution in [2.24, 2.45) is 5.92 Å². The molecule has 2 aliphatic rings. The lowest BCUT2D eigenvalue weighted by atomic mass is 9.83. The van der Waals surface area contributed by atoms with Crippen molar-refractivity contribution < 1.29 is 23.8 Å². The molecule has 2 amide bonds. The summed E-state index contributed by atoms with van der Waals surface area (Å²) in [5.41, 5.74) is 0.456. The van der Waals surface area contributed by atoms with E-state index in [1.54, 1.807) is 0 Å². The van der Waals surface area contributed by atoms with E-state index in [1.807, 2.05) is 56.0 Å². The van der Waals surface area contributed by atoms with Crippen LogP contribution >= 0.6 is 0 Å². The molecule has 7 nitrogen and oxygen atoms in total. The van der Waals surface area contributed by atoms with Crippen LogP contribution in [0.15, 0.2) is 30.3 Å². The minimum Gasteiger partial charge on any atom is -0.445 e. The van der Waals surface area contributed by atoms with Gasteiger partial charge in [0.2, 0.25) is 0 Å². The van der Waals surface area contributed by atoms with Crippen molar-refractivity contribution in [2.75, 3.05) is 19.8 Å². The number of amides is 2. The second kappa shape index (κ2) is 9.48. The average Bonchev–Trinajstić information content (AvgIpc) is 2.65. The van der Waals surface area contributed by atoms with Gasteiger partial charge in [-0.15, -0.1) is 0 Å². The Morgan fingerprint density at radius 2 is 1.79 bits per heavy atom. The number of rotatable bonds is 5. The third-order valence-electron chi connectivity index (χ3n) is 5.26. The maximum Gasteiger partial charge on any atom is 0.410 e. The van der Waals surface area contributed by atoms with Crippen LogP contribution in [0.2, 0.25) is 0 Å². The van der Waals surface area contributed by atoms with E-state index in [1.165, 1.54) is 0 Å². The number of nitrogens with one attached hydrogen (secondary N) is 1. The number of benzene rings is 1. The quantitative estimate of drug-likeness (QED) is 0.809. The van der Waals surface area contributed by atoms with Gasteiger partial charge in [0, 0.05) is 6.54 Å². The van der Waals surface area contributed by atoms with E-state index in [-0.39, 0.29) is 24.8 Å². The van der Waals surface area contributed by atoms with Crippen molar-refractivity contribution in [1.29, 1.82) is 0 Å². The lowest BCUT2D eigenvalue weighted by Crippen LogP contribution is -2.60.